The van der Waals surface area contributed by atoms with Crippen LogP contribution in [0.5, 0.6) is 0 Å². The van der Waals surface area contributed by atoms with E-state index in [0.29, 0.717) is 17.5 Å². The van der Waals surface area contributed by atoms with Crippen molar-refractivity contribution in [2.24, 2.45) is 0 Å². The highest BCUT2D eigenvalue weighted by Crippen LogP contribution is 2.46. The molecule has 0 atom stereocenters. The van der Waals surface area contributed by atoms with Gasteiger partial charge in [-0.3, -0.25) is 0 Å². The first-order valence-electron chi connectivity index (χ1n) is 21.2. The smallest absolute Gasteiger partial charge is 0.164 e. The molecular formula is C57H35N5S. The van der Waals surface area contributed by atoms with Crippen molar-refractivity contribution in [1.82, 2.24) is 24.1 Å². The second-order valence-corrected chi connectivity index (χ2v) is 17.0. The van der Waals surface area contributed by atoms with E-state index in [1.54, 1.807) is 0 Å². The van der Waals surface area contributed by atoms with Gasteiger partial charge < -0.3 is 9.13 Å². The van der Waals surface area contributed by atoms with Gasteiger partial charge >= 0.3 is 0 Å². The maximum atomic E-state index is 5.16. The van der Waals surface area contributed by atoms with Gasteiger partial charge in [-0.1, -0.05) is 164 Å². The standard InChI is InChI=1S/C57H35N5S/c1-4-15-36(16-5-1)37-27-29-39(30-28-37)56-58-55(38-17-6-2-7-18-38)59-57(60-56)40-31-34-51-47(35-40)46-33-32-45-44-23-14-26-50(52(44)61(53(45)54(46)63-51)41-19-8-3-9-20-41)62-48-24-12-10-21-42(48)43-22-11-13-25-49(43)62/h1-35H. The van der Waals surface area contributed by atoms with Crippen LogP contribution in [0.4, 0.5) is 0 Å². The largest absolute Gasteiger partial charge is 0.307 e. The lowest BCUT2D eigenvalue weighted by Crippen LogP contribution is -2.00. The van der Waals surface area contributed by atoms with Gasteiger partial charge in [-0.2, -0.15) is 0 Å². The molecule has 0 aliphatic carbocycles. The molecule has 0 saturated heterocycles. The molecule has 0 spiro atoms. The van der Waals surface area contributed by atoms with E-state index in [0.717, 1.165) is 33.6 Å². The van der Waals surface area contributed by atoms with Crippen molar-refractivity contribution >= 4 is 75.1 Å². The third-order valence-corrected chi connectivity index (χ3v) is 13.6. The van der Waals surface area contributed by atoms with Crippen molar-refractivity contribution in [1.29, 1.82) is 0 Å². The minimum atomic E-state index is 0.641. The molecule has 0 aliphatic rings. The number of fused-ring (bicyclic) bond motifs is 10. The first-order valence-corrected chi connectivity index (χ1v) is 22.0. The lowest BCUT2D eigenvalue weighted by molar-refractivity contribution is 1.07. The van der Waals surface area contributed by atoms with Crippen molar-refractivity contribution in [3.63, 3.8) is 0 Å². The van der Waals surface area contributed by atoms with Crippen LogP contribution in [0.2, 0.25) is 0 Å². The fourth-order valence-corrected chi connectivity index (χ4v) is 10.7. The molecule has 0 aliphatic heterocycles. The van der Waals surface area contributed by atoms with E-state index < -0.39 is 0 Å². The Morgan fingerprint density at radius 3 is 1.49 bits per heavy atom. The molecule has 4 aromatic heterocycles. The predicted molar refractivity (Wildman–Crippen MR) is 263 cm³/mol. The van der Waals surface area contributed by atoms with Crippen LogP contribution in [0.3, 0.4) is 0 Å². The average Bonchev–Trinajstić information content (AvgIpc) is 4.02. The maximum Gasteiger partial charge on any atom is 0.164 e. The third kappa shape index (κ3) is 5.66. The van der Waals surface area contributed by atoms with Crippen molar-refractivity contribution in [3.05, 3.63) is 212 Å². The molecule has 63 heavy (non-hydrogen) atoms. The number of thiophene rings is 1. The molecule has 0 fully saturated rings. The Kier molecular flexibility index (Phi) is 8.01. The molecule has 13 rings (SSSR count). The Morgan fingerprint density at radius 1 is 0.317 bits per heavy atom. The topological polar surface area (TPSA) is 48.5 Å². The number of rotatable bonds is 6. The summed E-state index contributed by atoms with van der Waals surface area (Å²) in [6, 6.07) is 75.5. The lowest BCUT2D eigenvalue weighted by Gasteiger charge is -2.14. The molecule has 0 radical (unpaired) electrons. The molecule has 0 N–H and O–H groups in total. The fourth-order valence-electron chi connectivity index (χ4n) is 9.49. The third-order valence-electron chi connectivity index (χ3n) is 12.4. The van der Waals surface area contributed by atoms with Gasteiger partial charge in [-0.15, -0.1) is 11.3 Å². The molecule has 294 valence electrons. The second kappa shape index (κ2) is 14.2. The summed E-state index contributed by atoms with van der Waals surface area (Å²) in [5, 5.41) is 7.32. The molecule has 0 unspecified atom stereocenters. The van der Waals surface area contributed by atoms with Crippen molar-refractivity contribution in [2.45, 2.75) is 0 Å². The summed E-state index contributed by atoms with van der Waals surface area (Å²) in [4.78, 5) is 15.3. The molecule has 0 bridgehead atoms. The van der Waals surface area contributed by atoms with Crippen LogP contribution in [-0.2, 0) is 0 Å². The quantitative estimate of drug-likeness (QED) is 0.168. The summed E-state index contributed by atoms with van der Waals surface area (Å²) in [5.41, 5.74) is 12.2. The Hall–Kier alpha value is -8.19. The molecule has 5 nitrogen and oxygen atoms in total. The lowest BCUT2D eigenvalue weighted by atomic mass is 10.0. The average molecular weight is 822 g/mol. The zero-order valence-corrected chi connectivity index (χ0v) is 34.7. The van der Waals surface area contributed by atoms with Gasteiger partial charge in [0.1, 0.15) is 0 Å². The Labute approximate surface area is 366 Å². The number of benzene rings is 9. The predicted octanol–water partition coefficient (Wildman–Crippen LogP) is 15.1. The zero-order valence-electron chi connectivity index (χ0n) is 33.9. The minimum Gasteiger partial charge on any atom is -0.307 e. The summed E-state index contributed by atoms with van der Waals surface area (Å²) >= 11 is 1.85. The number of hydrogen-bond donors (Lipinski definition) is 0. The highest BCUT2D eigenvalue weighted by atomic mass is 32.1. The molecule has 13 aromatic rings. The number of nitrogens with zero attached hydrogens (tertiary/aromatic N) is 5. The Balaban J connectivity index is 1.03. The first kappa shape index (κ1) is 35.6. The summed E-state index contributed by atoms with van der Waals surface area (Å²) in [7, 11) is 0. The zero-order chi connectivity index (χ0) is 41.4. The van der Waals surface area contributed by atoms with E-state index >= 15 is 0 Å². The number of hydrogen-bond acceptors (Lipinski definition) is 4. The summed E-state index contributed by atoms with van der Waals surface area (Å²) in [6.45, 7) is 0. The molecule has 0 saturated carbocycles. The molecule has 4 heterocycles. The van der Waals surface area contributed by atoms with Gasteiger partial charge in [-0.05, 0) is 59.7 Å². The molecule has 9 aromatic carbocycles. The van der Waals surface area contributed by atoms with E-state index in [1.165, 1.54) is 69.3 Å². The second-order valence-electron chi connectivity index (χ2n) is 16.0. The summed E-state index contributed by atoms with van der Waals surface area (Å²) < 4.78 is 7.40. The van der Waals surface area contributed by atoms with Gasteiger partial charge in [0.25, 0.3) is 0 Å². The number of para-hydroxylation sites is 4. The first-order chi connectivity index (χ1) is 31.2. The van der Waals surface area contributed by atoms with Crippen LogP contribution in [0, 0.1) is 0 Å². The Morgan fingerprint density at radius 2 is 0.810 bits per heavy atom. The molecule has 0 amide bonds. The van der Waals surface area contributed by atoms with Gasteiger partial charge in [0.2, 0.25) is 0 Å². The van der Waals surface area contributed by atoms with E-state index in [4.69, 9.17) is 15.0 Å². The highest BCUT2D eigenvalue weighted by Gasteiger charge is 2.23. The monoisotopic (exact) mass is 821 g/mol. The van der Waals surface area contributed by atoms with E-state index in [2.05, 4.69) is 197 Å². The van der Waals surface area contributed by atoms with Crippen LogP contribution < -0.4 is 0 Å². The van der Waals surface area contributed by atoms with Crippen LogP contribution in [0.25, 0.3) is 120 Å². The van der Waals surface area contributed by atoms with Crippen molar-refractivity contribution in [3.8, 4) is 56.7 Å². The van der Waals surface area contributed by atoms with Crippen LogP contribution >= 0.6 is 11.3 Å². The highest BCUT2D eigenvalue weighted by molar-refractivity contribution is 7.26. The Bertz CT molecular complexity index is 3830. The van der Waals surface area contributed by atoms with Crippen molar-refractivity contribution in [2.75, 3.05) is 0 Å². The van der Waals surface area contributed by atoms with E-state index in [9.17, 15) is 0 Å². The normalized spacial score (nSPS) is 11.8. The molecule has 6 heteroatoms. The summed E-state index contributed by atoms with van der Waals surface area (Å²) in [6.07, 6.45) is 0. The van der Waals surface area contributed by atoms with Crippen LogP contribution in [-0.4, -0.2) is 24.1 Å². The molecular weight excluding hydrogens is 787 g/mol. The SMILES string of the molecule is c1ccc(-c2ccc(-c3nc(-c4ccccc4)nc(-c4ccc5sc6c(ccc7c8cccc(-n9c%10ccccc%10c%10ccccc%109)c8n(-c8ccccc8)c76)c5c4)n3)cc2)cc1. The van der Waals surface area contributed by atoms with Gasteiger partial charge in [-0.25, -0.2) is 15.0 Å². The fraction of sp³-hybridized carbons (Fsp3) is 0. The van der Waals surface area contributed by atoms with Gasteiger partial charge in [0, 0.05) is 59.4 Å². The van der Waals surface area contributed by atoms with E-state index in [-0.39, 0.29) is 0 Å². The number of aromatic nitrogens is 5. The van der Waals surface area contributed by atoms with Gasteiger partial charge in [0.05, 0.1) is 32.5 Å². The van der Waals surface area contributed by atoms with E-state index in [1.807, 2.05) is 35.6 Å². The van der Waals surface area contributed by atoms with Gasteiger partial charge in [0.15, 0.2) is 17.5 Å². The maximum absolute atomic E-state index is 5.16. The minimum absolute atomic E-state index is 0.641. The van der Waals surface area contributed by atoms with Crippen LogP contribution in [0.15, 0.2) is 212 Å². The van der Waals surface area contributed by atoms with Crippen LogP contribution in [0.1, 0.15) is 0 Å². The van der Waals surface area contributed by atoms with Crippen molar-refractivity contribution < 1.29 is 0 Å². The summed E-state index contributed by atoms with van der Waals surface area (Å²) in [5.74, 6) is 1.93.